The average Bonchev–Trinajstić information content (AvgIpc) is 3.25. The van der Waals surface area contributed by atoms with Crippen LogP contribution in [0.5, 0.6) is 0 Å². The number of carbonyl (C=O) groups excluding carboxylic acids is 3. The van der Waals surface area contributed by atoms with E-state index in [0.29, 0.717) is 12.0 Å². The molecular weight excluding hydrogens is 897 g/mol. The van der Waals surface area contributed by atoms with Crippen LogP contribution in [0.15, 0.2) is 23.8 Å². The molecule has 0 saturated carbocycles. The van der Waals surface area contributed by atoms with Gasteiger partial charge in [0.15, 0.2) is 24.7 Å². The summed E-state index contributed by atoms with van der Waals surface area (Å²) in [6, 6.07) is -0.748. The van der Waals surface area contributed by atoms with Crippen molar-refractivity contribution in [3.8, 4) is 0 Å². The van der Waals surface area contributed by atoms with Crippen molar-refractivity contribution in [3.05, 3.63) is 23.8 Å². The van der Waals surface area contributed by atoms with Gasteiger partial charge in [0.25, 0.3) is 0 Å². The summed E-state index contributed by atoms with van der Waals surface area (Å²) in [6.45, 7) is 13.6. The molecule has 22 heteroatoms. The summed E-state index contributed by atoms with van der Waals surface area (Å²) >= 11 is 0. The predicted octanol–water partition coefficient (Wildman–Crippen LogP) is -0.218. The van der Waals surface area contributed by atoms with Crippen LogP contribution in [0.3, 0.4) is 0 Å². The summed E-state index contributed by atoms with van der Waals surface area (Å²) in [5, 5.41) is 77.3. The van der Waals surface area contributed by atoms with Crippen LogP contribution in [0, 0.1) is 23.7 Å². The summed E-state index contributed by atoms with van der Waals surface area (Å²) in [4.78, 5) is 41.5. The molecule has 3 saturated heterocycles. The number of carbonyl (C=O) groups is 3. The van der Waals surface area contributed by atoms with Crippen molar-refractivity contribution in [1.29, 1.82) is 0 Å². The number of likely N-dealkylation sites (N-methyl/N-ethyl adjacent to an activating group) is 1. The predicted molar refractivity (Wildman–Crippen MR) is 243 cm³/mol. The van der Waals surface area contributed by atoms with Gasteiger partial charge in [-0.2, -0.15) is 0 Å². The molecule has 0 aromatic carbocycles. The van der Waals surface area contributed by atoms with Crippen molar-refractivity contribution in [2.75, 3.05) is 34.9 Å². The minimum Gasteiger partial charge on any atom is -0.462 e. The number of esters is 1. The Morgan fingerprint density at radius 2 is 1.47 bits per heavy atom. The van der Waals surface area contributed by atoms with Gasteiger partial charge in [0, 0.05) is 44.8 Å². The molecule has 3 fully saturated rings. The highest BCUT2D eigenvalue weighted by atomic mass is 16.7. The Bertz CT molecular complexity index is 1620. The maximum absolute atomic E-state index is 13.8. The molecule has 0 aromatic rings. The first-order chi connectivity index (χ1) is 31.8. The molecule has 392 valence electrons. The van der Waals surface area contributed by atoms with E-state index in [0.717, 1.165) is 6.29 Å². The van der Waals surface area contributed by atoms with Crippen LogP contribution >= 0.6 is 0 Å². The van der Waals surface area contributed by atoms with E-state index in [2.05, 4.69) is 0 Å². The summed E-state index contributed by atoms with van der Waals surface area (Å²) < 4.78 is 54.7. The molecule has 8 N–H and O–H groups in total. The minimum absolute atomic E-state index is 0.00788. The van der Waals surface area contributed by atoms with E-state index in [4.69, 9.17) is 57.7 Å². The van der Waals surface area contributed by atoms with Gasteiger partial charge in [-0.3, -0.25) is 9.59 Å². The van der Waals surface area contributed by atoms with Crippen LogP contribution in [0.1, 0.15) is 87.5 Å². The smallest absolute Gasteiger partial charge is 0.462 e. The van der Waals surface area contributed by atoms with Crippen LogP contribution in [-0.2, 0) is 57.0 Å². The number of hydrogen-bond acceptors (Lipinski definition) is 21. The maximum Gasteiger partial charge on any atom is 0.631 e. The zero-order valence-electron chi connectivity index (χ0n) is 41.6. The number of allylic oxidation sites excluding steroid dienone is 3. The van der Waals surface area contributed by atoms with Crippen molar-refractivity contribution in [1.82, 2.24) is 4.90 Å². The molecule has 0 amide bonds. The quantitative estimate of drug-likeness (QED) is 0.0672. The number of ether oxygens (including phenoxy) is 9. The zero-order valence-corrected chi connectivity index (χ0v) is 41.6. The summed E-state index contributed by atoms with van der Waals surface area (Å²) in [5.41, 5.74) is -0.806. The topological polar surface area (TPSA) is 299 Å². The molecule has 21 nitrogen and oxygen atoms in total. The SMILES string of the molecule is CC[C@H]1OC(=O)C[C@@H](O)[C@H](C)[C@@H](O[C@@H]2O[C@H](C)[C@@H](O[C@H]3C[C@@](C)(O)[C@@H](O)[C@H](C)O3)[C@H](N(C)C)[C@H]2O)[C@@H](CC=O)C[C@@H](C)C(=O)/C=C/C(C)=C/C1CO[C@@H]1O[C@H](C)[C@@H](O)[C@@H](OC)[C@H]1OC.OB(O)O. The van der Waals surface area contributed by atoms with Gasteiger partial charge in [-0.05, 0) is 73.5 Å². The lowest BCUT2D eigenvalue weighted by Crippen LogP contribution is -2.65. The van der Waals surface area contributed by atoms with Crippen LogP contribution < -0.4 is 0 Å². The zero-order chi connectivity index (χ0) is 51.4. The van der Waals surface area contributed by atoms with Crippen molar-refractivity contribution >= 4 is 25.4 Å². The Morgan fingerprint density at radius 3 is 2.03 bits per heavy atom. The normalized spacial score (nSPS) is 43.6. The average molecular weight is 978 g/mol. The van der Waals surface area contributed by atoms with Crippen LogP contribution in [0.2, 0.25) is 0 Å². The lowest BCUT2D eigenvalue weighted by atomic mass is 9.79. The van der Waals surface area contributed by atoms with Gasteiger partial charge in [0.05, 0.1) is 55.2 Å². The second kappa shape index (κ2) is 27.5. The summed E-state index contributed by atoms with van der Waals surface area (Å²) in [5.74, 6) is -3.59. The Labute approximate surface area is 400 Å². The molecule has 4 heterocycles. The van der Waals surface area contributed by atoms with Crippen molar-refractivity contribution in [3.63, 3.8) is 0 Å². The van der Waals surface area contributed by atoms with Crippen molar-refractivity contribution in [2.24, 2.45) is 23.7 Å². The van der Waals surface area contributed by atoms with Crippen LogP contribution in [0.25, 0.3) is 0 Å². The number of aliphatic hydroxyl groups is 5. The molecule has 0 spiro atoms. The third-order valence-corrected chi connectivity index (χ3v) is 13.4. The Kier molecular flexibility index (Phi) is 24.2. The van der Waals surface area contributed by atoms with Gasteiger partial charge in [-0.15, -0.1) is 0 Å². The van der Waals surface area contributed by atoms with Crippen molar-refractivity contribution in [2.45, 2.75) is 191 Å². The fraction of sp³-hybridized carbons (Fsp3) is 0.848. The van der Waals surface area contributed by atoms with E-state index in [-0.39, 0.29) is 31.7 Å². The number of aliphatic hydroxyl groups excluding tert-OH is 4. The van der Waals surface area contributed by atoms with Crippen LogP contribution in [-0.4, -0.2) is 210 Å². The molecule has 0 bridgehead atoms. The minimum atomic E-state index is -2.17. The molecule has 4 aliphatic rings. The third kappa shape index (κ3) is 16.4. The number of ketones is 1. The van der Waals surface area contributed by atoms with Gasteiger partial charge < -0.3 is 92.9 Å². The van der Waals surface area contributed by atoms with E-state index >= 15 is 0 Å². The standard InChI is InChI=1S/C46H77NO17.BH3O3/c1-13-33-30(22-58-45-42(57-12)41(56-11)37(52)26(5)60-45)18-23(2)14-15-31(49)24(3)19-29(16-17-48)39(25(4)32(50)20-34(51)62-33)64-44-38(53)36(47(9)10)40(27(6)61-44)63-35-21-46(8,55)43(54)28(7)59-35;2-1(3)4/h14-15,17-18,24-30,32-33,35-45,50,52-55H,13,16,19-22H2,1-12H3;2-4H/b15-14+,23-18+;/t24-,25+,26-,27-,28+,29+,30?,32-,33-,35+,36-,37-,38-,39-,40-,41-,42-,43+,44+,45-,46-;/m1./s1. The second-order valence-electron chi connectivity index (χ2n) is 19.1. The maximum atomic E-state index is 13.8. The Hall–Kier alpha value is -2.33. The third-order valence-electron chi connectivity index (χ3n) is 13.4. The van der Waals surface area contributed by atoms with E-state index in [9.17, 15) is 39.9 Å². The van der Waals surface area contributed by atoms with Gasteiger partial charge >= 0.3 is 13.3 Å². The fourth-order valence-corrected chi connectivity index (χ4v) is 9.51. The number of aldehydes is 1. The number of rotatable bonds is 13. The van der Waals surface area contributed by atoms with Crippen molar-refractivity contribution < 1.29 is 97.6 Å². The second-order valence-corrected chi connectivity index (χ2v) is 19.1. The number of methoxy groups -OCH3 is 2. The summed E-state index contributed by atoms with van der Waals surface area (Å²) in [6.07, 6.45) is -8.49. The molecule has 0 radical (unpaired) electrons. The molecule has 68 heavy (non-hydrogen) atoms. The van der Waals surface area contributed by atoms with Gasteiger partial charge in [0.1, 0.15) is 49.0 Å². The Balaban J connectivity index is 0.00000294. The largest absolute Gasteiger partial charge is 0.631 e. The molecule has 1 unspecified atom stereocenters. The van der Waals surface area contributed by atoms with E-state index in [1.54, 1.807) is 59.7 Å². The van der Waals surface area contributed by atoms with E-state index < -0.39 is 147 Å². The lowest BCUT2D eigenvalue weighted by molar-refractivity contribution is -0.341. The fourth-order valence-electron chi connectivity index (χ4n) is 9.51. The number of hydrogen-bond donors (Lipinski definition) is 8. The molecule has 0 aliphatic carbocycles. The Morgan fingerprint density at radius 1 is 0.853 bits per heavy atom. The van der Waals surface area contributed by atoms with Gasteiger partial charge in [-0.1, -0.05) is 38.5 Å². The molecule has 21 atom stereocenters. The highest BCUT2D eigenvalue weighted by Crippen LogP contribution is 2.37. The number of nitrogens with zero attached hydrogens (tertiary/aromatic N) is 1. The first-order valence-electron chi connectivity index (χ1n) is 23.4. The van der Waals surface area contributed by atoms with Crippen LogP contribution in [0.4, 0.5) is 0 Å². The highest BCUT2D eigenvalue weighted by molar-refractivity contribution is 6.30. The molecule has 4 rings (SSSR count). The van der Waals surface area contributed by atoms with Gasteiger partial charge in [0.2, 0.25) is 0 Å². The van der Waals surface area contributed by atoms with E-state index in [1.807, 2.05) is 19.9 Å². The first-order valence-corrected chi connectivity index (χ1v) is 23.4. The lowest BCUT2D eigenvalue weighted by Gasteiger charge is -2.50. The summed E-state index contributed by atoms with van der Waals surface area (Å²) in [7, 11) is 4.27. The number of cyclic esters (lactones) is 1. The molecular formula is C46H80BNO20. The highest BCUT2D eigenvalue weighted by Gasteiger charge is 2.52. The molecule has 0 aromatic heterocycles. The monoisotopic (exact) mass is 978 g/mol. The van der Waals surface area contributed by atoms with E-state index in [1.165, 1.54) is 27.2 Å². The molecule has 4 aliphatic heterocycles. The van der Waals surface area contributed by atoms with Gasteiger partial charge in [-0.25, -0.2) is 0 Å². The first kappa shape index (κ1) is 60.0.